The molecule has 2 saturated heterocycles. The zero-order chi connectivity index (χ0) is 31.7. The van der Waals surface area contributed by atoms with Gasteiger partial charge in [-0.05, 0) is 72.8 Å². The first-order valence-corrected chi connectivity index (χ1v) is 18.3. The molecule has 2 fully saturated rings. The van der Waals surface area contributed by atoms with E-state index in [9.17, 15) is 9.36 Å². The molecule has 4 aromatic rings. The number of nitrogens with one attached hydrogen (secondary N) is 3. The van der Waals surface area contributed by atoms with Crippen LogP contribution in [0.25, 0.3) is 11.0 Å². The molecule has 12 nitrogen and oxygen atoms in total. The maximum atomic E-state index is 13.4. The molecular formula is C31H37BrN9O3P. The highest BCUT2D eigenvalue weighted by atomic mass is 79.9. The first-order valence-electron chi connectivity index (χ1n) is 14.9. The zero-order valence-electron chi connectivity index (χ0n) is 25.8. The summed E-state index contributed by atoms with van der Waals surface area (Å²) in [6, 6.07) is 8.08. The second-order valence-electron chi connectivity index (χ2n) is 11.7. The molecule has 3 N–H and O–H groups in total. The number of ether oxygens (including phenoxy) is 1. The van der Waals surface area contributed by atoms with E-state index in [4.69, 9.17) is 9.72 Å². The minimum atomic E-state index is -2.75. The van der Waals surface area contributed by atoms with Crippen LogP contribution in [0.15, 0.2) is 47.3 Å². The van der Waals surface area contributed by atoms with E-state index in [2.05, 4.69) is 64.7 Å². The number of piperidine rings is 1. The number of hydrogen-bond donors (Lipinski definition) is 3. The van der Waals surface area contributed by atoms with Crippen molar-refractivity contribution in [1.82, 2.24) is 30.2 Å². The van der Waals surface area contributed by atoms with Crippen LogP contribution in [0.4, 0.5) is 28.8 Å². The molecule has 2 aromatic carbocycles. The van der Waals surface area contributed by atoms with Gasteiger partial charge in [-0.2, -0.15) is 4.98 Å². The van der Waals surface area contributed by atoms with Crippen LogP contribution in [0.5, 0.6) is 5.75 Å². The van der Waals surface area contributed by atoms with Crippen molar-refractivity contribution < 1.29 is 14.1 Å². The Bertz CT molecular complexity index is 1790. The summed E-state index contributed by atoms with van der Waals surface area (Å²) in [5.41, 5.74) is 4.86. The molecule has 0 atom stereocenters. The van der Waals surface area contributed by atoms with Crippen molar-refractivity contribution in [2.24, 2.45) is 0 Å². The molecular weight excluding hydrogens is 657 g/mol. The Labute approximate surface area is 270 Å². The summed E-state index contributed by atoms with van der Waals surface area (Å²) in [4.78, 5) is 34.9. The van der Waals surface area contributed by atoms with Crippen LogP contribution in [-0.4, -0.2) is 89.9 Å². The lowest BCUT2D eigenvalue weighted by Gasteiger charge is -2.41. The maximum Gasteiger partial charge on any atom is 0.236 e. The van der Waals surface area contributed by atoms with Crippen molar-refractivity contribution in [1.29, 1.82) is 0 Å². The lowest BCUT2D eigenvalue weighted by Crippen LogP contribution is -2.55. The topological polar surface area (TPSA) is 138 Å². The maximum absolute atomic E-state index is 13.4. The quantitative estimate of drug-likeness (QED) is 0.223. The fourth-order valence-electron chi connectivity index (χ4n) is 6.14. The number of rotatable bonds is 8. The normalized spacial score (nSPS) is 16.2. The van der Waals surface area contributed by atoms with E-state index in [-0.39, 0.29) is 11.9 Å². The van der Waals surface area contributed by atoms with E-state index in [1.54, 1.807) is 39.0 Å². The van der Waals surface area contributed by atoms with Gasteiger partial charge < -0.3 is 35.1 Å². The van der Waals surface area contributed by atoms with E-state index in [1.165, 1.54) is 0 Å². The highest BCUT2D eigenvalue weighted by Crippen LogP contribution is 2.41. The Kier molecular flexibility index (Phi) is 8.94. The number of benzene rings is 2. The van der Waals surface area contributed by atoms with Gasteiger partial charge in [0.1, 0.15) is 24.2 Å². The number of halogens is 1. The molecule has 0 bridgehead atoms. The minimum absolute atomic E-state index is 0.198. The number of nitrogens with zero attached hydrogens (tertiary/aromatic N) is 6. The Morgan fingerprint density at radius 3 is 2.56 bits per heavy atom. The van der Waals surface area contributed by atoms with Crippen LogP contribution in [0.2, 0.25) is 0 Å². The molecule has 0 unspecified atom stereocenters. The number of methoxy groups -OCH3 is 1. The molecule has 0 spiro atoms. The van der Waals surface area contributed by atoms with Gasteiger partial charge in [-0.15, -0.1) is 0 Å². The molecule has 0 saturated carbocycles. The predicted molar refractivity (Wildman–Crippen MR) is 182 cm³/mol. The molecule has 2 aliphatic heterocycles. The molecule has 0 radical (unpaired) electrons. The number of anilines is 5. The fraction of sp³-hybridized carbons (Fsp3) is 0.387. The van der Waals surface area contributed by atoms with E-state index < -0.39 is 7.14 Å². The van der Waals surface area contributed by atoms with Gasteiger partial charge in [0.05, 0.1) is 40.3 Å². The smallest absolute Gasteiger partial charge is 0.236 e. The van der Waals surface area contributed by atoms with Gasteiger partial charge in [0.15, 0.2) is 0 Å². The van der Waals surface area contributed by atoms with E-state index in [0.717, 1.165) is 56.0 Å². The number of fused-ring (bicyclic) bond motifs is 1. The second kappa shape index (κ2) is 12.9. The number of carbonyl (C=O) groups is 1. The fourth-order valence-corrected chi connectivity index (χ4v) is 7.82. The van der Waals surface area contributed by atoms with Crippen LogP contribution in [0.1, 0.15) is 18.4 Å². The van der Waals surface area contributed by atoms with Crippen molar-refractivity contribution in [3.8, 4) is 5.75 Å². The van der Waals surface area contributed by atoms with Crippen LogP contribution in [-0.2, 0) is 9.36 Å². The minimum Gasteiger partial charge on any atom is -0.494 e. The Morgan fingerprint density at radius 2 is 1.82 bits per heavy atom. The van der Waals surface area contributed by atoms with E-state index >= 15 is 0 Å². The number of hydrogen-bond acceptors (Lipinski definition) is 11. The van der Waals surface area contributed by atoms with Gasteiger partial charge in [0, 0.05) is 62.6 Å². The van der Waals surface area contributed by atoms with Gasteiger partial charge in [-0.1, -0.05) is 0 Å². The summed E-state index contributed by atoms with van der Waals surface area (Å²) >= 11 is 3.56. The van der Waals surface area contributed by atoms with Gasteiger partial charge in [-0.25, -0.2) is 4.98 Å². The molecule has 14 heteroatoms. The zero-order valence-corrected chi connectivity index (χ0v) is 28.3. The molecule has 4 heterocycles. The summed E-state index contributed by atoms with van der Waals surface area (Å²) in [7, 11) is -1.10. The summed E-state index contributed by atoms with van der Waals surface area (Å²) in [6.07, 6.45) is 6.76. The van der Waals surface area contributed by atoms with Gasteiger partial charge in [0.2, 0.25) is 11.9 Å². The van der Waals surface area contributed by atoms with Crippen molar-refractivity contribution in [3.05, 3.63) is 52.9 Å². The molecule has 1 amide bonds. The lowest BCUT2D eigenvalue weighted by atomic mass is 10.0. The standard InChI is InChI=1S/C31H37BrN9O3P/c1-19-15-24(26(44-2)16-25(19)40-12-7-20(8-13-40)41-14-11-33-18-27(41)42)38-31-36-17-21(32)30(39-31)37-23-6-5-22-28(35-10-9-34-22)29(23)45(3,4)43/h5-6,9-10,15-17,20,33H,7-8,11-14,18H2,1-4H3,(H2,36,37,38,39). The molecule has 236 valence electrons. The number of aryl methyl sites for hydroxylation is 1. The van der Waals surface area contributed by atoms with Crippen LogP contribution in [0, 0.1) is 6.92 Å². The lowest BCUT2D eigenvalue weighted by molar-refractivity contribution is -0.134. The molecule has 0 aliphatic carbocycles. The number of amides is 1. The van der Waals surface area contributed by atoms with E-state index in [1.807, 2.05) is 23.1 Å². The third kappa shape index (κ3) is 6.61. The van der Waals surface area contributed by atoms with Gasteiger partial charge in [0.25, 0.3) is 0 Å². The number of carbonyl (C=O) groups excluding carboxylic acids is 1. The highest BCUT2D eigenvalue weighted by molar-refractivity contribution is 9.10. The molecule has 2 aliphatic rings. The number of aromatic nitrogens is 4. The molecule has 45 heavy (non-hydrogen) atoms. The first kappa shape index (κ1) is 31.2. The van der Waals surface area contributed by atoms with Gasteiger partial charge >= 0.3 is 0 Å². The SMILES string of the molecule is COc1cc(N2CCC(N3CCNCC3=O)CC2)c(C)cc1Nc1ncc(Br)c(Nc2ccc3nccnc3c2P(C)(C)=O)n1. The third-order valence-electron chi connectivity index (χ3n) is 8.29. The first-order chi connectivity index (χ1) is 21.6. The summed E-state index contributed by atoms with van der Waals surface area (Å²) in [5, 5.41) is 10.4. The Morgan fingerprint density at radius 1 is 1.04 bits per heavy atom. The summed E-state index contributed by atoms with van der Waals surface area (Å²) < 4.78 is 19.8. The highest BCUT2D eigenvalue weighted by Gasteiger charge is 2.30. The number of piperazine rings is 1. The third-order valence-corrected chi connectivity index (χ3v) is 10.4. The van der Waals surface area contributed by atoms with Crippen molar-refractivity contribution in [3.63, 3.8) is 0 Å². The second-order valence-corrected chi connectivity index (χ2v) is 15.7. The largest absolute Gasteiger partial charge is 0.494 e. The Balaban J connectivity index is 1.22. The van der Waals surface area contributed by atoms with Crippen molar-refractivity contribution in [2.75, 3.05) is 68.7 Å². The average Bonchev–Trinajstić information content (AvgIpc) is 3.02. The summed E-state index contributed by atoms with van der Waals surface area (Å²) in [6.45, 7) is 9.33. The van der Waals surface area contributed by atoms with Crippen molar-refractivity contribution in [2.45, 2.75) is 25.8 Å². The van der Waals surface area contributed by atoms with Crippen molar-refractivity contribution >= 4 is 74.1 Å². The molecule has 2 aromatic heterocycles. The average molecular weight is 695 g/mol. The Hall–Kier alpha value is -3.80. The predicted octanol–water partition coefficient (Wildman–Crippen LogP) is 4.64. The molecule has 6 rings (SSSR count). The summed E-state index contributed by atoms with van der Waals surface area (Å²) in [5.74, 6) is 1.74. The van der Waals surface area contributed by atoms with E-state index in [0.29, 0.717) is 50.6 Å². The van der Waals surface area contributed by atoms with Crippen LogP contribution in [0.3, 0.4) is 0 Å². The monoisotopic (exact) mass is 693 g/mol. The van der Waals surface area contributed by atoms with Crippen LogP contribution >= 0.6 is 23.1 Å². The van der Waals surface area contributed by atoms with Crippen LogP contribution < -0.4 is 30.9 Å². The van der Waals surface area contributed by atoms with Gasteiger partial charge in [-0.3, -0.25) is 14.8 Å².